The molecule has 0 radical (unpaired) electrons. The monoisotopic (exact) mass is 359 g/mol. The molecule has 94 valence electrons. The summed E-state index contributed by atoms with van der Waals surface area (Å²) in [6, 6.07) is 6.45. The van der Waals surface area contributed by atoms with E-state index in [1.54, 1.807) is 0 Å². The zero-order chi connectivity index (χ0) is 12.1. The van der Waals surface area contributed by atoms with Crippen molar-refractivity contribution in [2.24, 2.45) is 5.92 Å². The van der Waals surface area contributed by atoms with Crippen molar-refractivity contribution >= 4 is 31.9 Å². The van der Waals surface area contributed by atoms with Crippen molar-refractivity contribution in [1.29, 1.82) is 0 Å². The molecule has 3 heteroatoms. The van der Waals surface area contributed by atoms with Gasteiger partial charge in [-0.25, -0.2) is 0 Å². The summed E-state index contributed by atoms with van der Waals surface area (Å²) in [5.41, 5.74) is 1.34. The Hall–Kier alpha value is 0.140. The first-order valence-corrected chi connectivity index (χ1v) is 7.99. The van der Waals surface area contributed by atoms with Gasteiger partial charge in [-0.15, -0.1) is 0 Å². The molecule has 0 bridgehead atoms. The van der Waals surface area contributed by atoms with E-state index in [9.17, 15) is 0 Å². The minimum atomic E-state index is 0.905. The fourth-order valence-corrected chi connectivity index (χ4v) is 3.13. The topological polar surface area (TPSA) is 12.0 Å². The van der Waals surface area contributed by atoms with Crippen LogP contribution in [0.5, 0.6) is 0 Å². The van der Waals surface area contributed by atoms with Gasteiger partial charge in [-0.3, -0.25) is 0 Å². The molecular formula is C14H19Br2N. The maximum absolute atomic E-state index is 3.58. The van der Waals surface area contributed by atoms with Crippen molar-refractivity contribution in [3.05, 3.63) is 32.7 Å². The molecule has 0 saturated heterocycles. The smallest absolute Gasteiger partial charge is 0.0320 e. The Morgan fingerprint density at radius 1 is 1.06 bits per heavy atom. The minimum Gasteiger partial charge on any atom is -0.312 e. The van der Waals surface area contributed by atoms with Gasteiger partial charge in [0.1, 0.15) is 0 Å². The fraction of sp³-hybridized carbons (Fsp3) is 0.571. The van der Waals surface area contributed by atoms with Crippen LogP contribution in [0.1, 0.15) is 37.7 Å². The van der Waals surface area contributed by atoms with Crippen molar-refractivity contribution in [3.8, 4) is 0 Å². The molecule has 0 amide bonds. The zero-order valence-corrected chi connectivity index (χ0v) is 13.2. The van der Waals surface area contributed by atoms with E-state index in [2.05, 4.69) is 55.4 Å². The molecule has 2 rings (SSSR count). The SMILES string of the molecule is Brc1ccc(CNCC2CCCCC2)cc1Br. The second kappa shape index (κ2) is 6.91. The first-order chi connectivity index (χ1) is 8.25. The molecule has 1 aromatic rings. The number of hydrogen-bond donors (Lipinski definition) is 1. The normalized spacial score (nSPS) is 17.3. The highest BCUT2D eigenvalue weighted by Gasteiger charge is 2.12. The van der Waals surface area contributed by atoms with Gasteiger partial charge in [0.15, 0.2) is 0 Å². The molecule has 0 aliphatic heterocycles. The molecule has 17 heavy (non-hydrogen) atoms. The summed E-state index contributed by atoms with van der Waals surface area (Å²) in [6.07, 6.45) is 7.12. The Morgan fingerprint density at radius 2 is 1.82 bits per heavy atom. The molecule has 0 spiro atoms. The zero-order valence-electron chi connectivity index (χ0n) is 10.0. The second-order valence-electron chi connectivity index (χ2n) is 4.88. The van der Waals surface area contributed by atoms with Gasteiger partial charge < -0.3 is 5.32 Å². The molecule has 1 fully saturated rings. The molecule has 1 aliphatic carbocycles. The van der Waals surface area contributed by atoms with Crippen molar-refractivity contribution < 1.29 is 0 Å². The largest absolute Gasteiger partial charge is 0.312 e. The lowest BCUT2D eigenvalue weighted by atomic mass is 9.89. The van der Waals surface area contributed by atoms with Crippen LogP contribution in [-0.4, -0.2) is 6.54 Å². The van der Waals surface area contributed by atoms with E-state index in [0.717, 1.165) is 21.4 Å². The average molecular weight is 361 g/mol. The number of nitrogens with one attached hydrogen (secondary N) is 1. The van der Waals surface area contributed by atoms with Gasteiger partial charge in [0.2, 0.25) is 0 Å². The van der Waals surface area contributed by atoms with Crippen molar-refractivity contribution in [3.63, 3.8) is 0 Å². The quantitative estimate of drug-likeness (QED) is 0.806. The third-order valence-corrected chi connectivity index (χ3v) is 5.35. The first kappa shape index (κ1) is 13.6. The summed E-state index contributed by atoms with van der Waals surface area (Å²) in [5.74, 6) is 0.905. The van der Waals surface area contributed by atoms with Crippen LogP contribution in [0, 0.1) is 5.92 Å². The standard InChI is InChI=1S/C14H19Br2N/c15-13-7-6-12(8-14(13)16)10-17-9-11-4-2-1-3-5-11/h6-8,11,17H,1-5,9-10H2. The number of rotatable bonds is 4. The average Bonchev–Trinajstić information content (AvgIpc) is 2.35. The van der Waals surface area contributed by atoms with Gasteiger partial charge in [0.25, 0.3) is 0 Å². The Balaban J connectivity index is 1.75. The molecule has 1 N–H and O–H groups in total. The number of halogens is 2. The van der Waals surface area contributed by atoms with E-state index in [1.165, 1.54) is 44.2 Å². The highest BCUT2D eigenvalue weighted by atomic mass is 79.9. The molecule has 1 nitrogen and oxygen atoms in total. The Kier molecular flexibility index (Phi) is 5.51. The van der Waals surface area contributed by atoms with E-state index in [0.29, 0.717) is 0 Å². The van der Waals surface area contributed by atoms with Gasteiger partial charge in [0, 0.05) is 15.5 Å². The summed E-state index contributed by atoms with van der Waals surface area (Å²) in [6.45, 7) is 2.15. The van der Waals surface area contributed by atoms with Crippen LogP contribution >= 0.6 is 31.9 Å². The van der Waals surface area contributed by atoms with E-state index in [1.807, 2.05) is 0 Å². The molecule has 0 heterocycles. The lowest BCUT2D eigenvalue weighted by Crippen LogP contribution is -2.24. The summed E-state index contributed by atoms with van der Waals surface area (Å²) in [4.78, 5) is 0. The lowest BCUT2D eigenvalue weighted by Gasteiger charge is -2.21. The van der Waals surface area contributed by atoms with E-state index >= 15 is 0 Å². The molecule has 1 saturated carbocycles. The predicted molar refractivity (Wildman–Crippen MR) is 80.1 cm³/mol. The highest BCUT2D eigenvalue weighted by molar-refractivity contribution is 9.13. The maximum Gasteiger partial charge on any atom is 0.0320 e. The Morgan fingerprint density at radius 3 is 2.53 bits per heavy atom. The molecular weight excluding hydrogens is 342 g/mol. The number of hydrogen-bond acceptors (Lipinski definition) is 1. The fourth-order valence-electron chi connectivity index (χ4n) is 2.46. The molecule has 0 unspecified atom stereocenters. The van der Waals surface area contributed by atoms with Crippen molar-refractivity contribution in [2.75, 3.05) is 6.54 Å². The molecule has 0 atom stereocenters. The third-order valence-electron chi connectivity index (χ3n) is 3.47. The van der Waals surface area contributed by atoms with Crippen LogP contribution in [0.3, 0.4) is 0 Å². The molecule has 1 aliphatic rings. The van der Waals surface area contributed by atoms with Crippen LogP contribution < -0.4 is 5.32 Å². The van der Waals surface area contributed by atoms with Crippen LogP contribution in [0.25, 0.3) is 0 Å². The lowest BCUT2D eigenvalue weighted by molar-refractivity contribution is 0.342. The van der Waals surface area contributed by atoms with Gasteiger partial charge >= 0.3 is 0 Å². The summed E-state index contributed by atoms with van der Waals surface area (Å²) < 4.78 is 2.25. The third kappa shape index (κ3) is 4.38. The van der Waals surface area contributed by atoms with Crippen LogP contribution in [0.15, 0.2) is 27.1 Å². The van der Waals surface area contributed by atoms with E-state index < -0.39 is 0 Å². The van der Waals surface area contributed by atoms with Gasteiger partial charge in [0.05, 0.1) is 0 Å². The summed E-state index contributed by atoms with van der Waals surface area (Å²) >= 11 is 7.03. The van der Waals surface area contributed by atoms with Crippen LogP contribution in [-0.2, 0) is 6.54 Å². The first-order valence-electron chi connectivity index (χ1n) is 6.40. The van der Waals surface area contributed by atoms with Crippen LogP contribution in [0.4, 0.5) is 0 Å². The molecule has 1 aromatic carbocycles. The second-order valence-corrected chi connectivity index (χ2v) is 6.59. The number of benzene rings is 1. The Labute approximate surface area is 121 Å². The van der Waals surface area contributed by atoms with E-state index in [-0.39, 0.29) is 0 Å². The van der Waals surface area contributed by atoms with Crippen LogP contribution in [0.2, 0.25) is 0 Å². The maximum atomic E-state index is 3.58. The Bertz CT molecular complexity index is 359. The summed E-state index contributed by atoms with van der Waals surface area (Å²) in [7, 11) is 0. The van der Waals surface area contributed by atoms with E-state index in [4.69, 9.17) is 0 Å². The van der Waals surface area contributed by atoms with Crippen molar-refractivity contribution in [2.45, 2.75) is 38.6 Å². The van der Waals surface area contributed by atoms with Crippen molar-refractivity contribution in [1.82, 2.24) is 5.32 Å². The highest BCUT2D eigenvalue weighted by Crippen LogP contribution is 2.24. The van der Waals surface area contributed by atoms with Gasteiger partial charge in [-0.2, -0.15) is 0 Å². The predicted octanol–water partition coefficient (Wildman–Crippen LogP) is 4.88. The van der Waals surface area contributed by atoms with Gasteiger partial charge in [-0.05, 0) is 74.9 Å². The summed E-state index contributed by atoms with van der Waals surface area (Å²) in [5, 5.41) is 3.58. The van der Waals surface area contributed by atoms with Gasteiger partial charge in [-0.1, -0.05) is 25.3 Å². The molecule has 0 aromatic heterocycles. The minimum absolute atomic E-state index is 0.905.